The van der Waals surface area contributed by atoms with Crippen molar-refractivity contribution in [2.75, 3.05) is 51.8 Å². The first-order valence-corrected chi connectivity index (χ1v) is 11.6. The Balaban J connectivity index is 1.65. The summed E-state index contributed by atoms with van der Waals surface area (Å²) in [6.07, 6.45) is 2.08. The number of aryl methyl sites for hydroxylation is 1. The monoisotopic (exact) mass is 461 g/mol. The summed E-state index contributed by atoms with van der Waals surface area (Å²) >= 11 is 12.0. The van der Waals surface area contributed by atoms with Crippen LogP contribution in [-0.2, 0) is 17.7 Å². The summed E-state index contributed by atoms with van der Waals surface area (Å²) in [5, 5.41) is 4.64. The molecule has 5 nitrogen and oxygen atoms in total. The summed E-state index contributed by atoms with van der Waals surface area (Å²) in [5.41, 5.74) is 3.46. The maximum absolute atomic E-state index is 6.16. The molecule has 3 rings (SSSR count). The van der Waals surface area contributed by atoms with E-state index < -0.39 is 0 Å². The molecule has 31 heavy (non-hydrogen) atoms. The van der Waals surface area contributed by atoms with Gasteiger partial charge in [-0.3, -0.25) is 4.90 Å². The fourth-order valence-corrected chi connectivity index (χ4v) is 4.07. The Morgan fingerprint density at radius 1 is 1.16 bits per heavy atom. The van der Waals surface area contributed by atoms with Gasteiger partial charge in [0, 0.05) is 44.5 Å². The predicted octanol–water partition coefficient (Wildman–Crippen LogP) is 4.83. The zero-order chi connectivity index (χ0) is 22.1. The molecule has 168 valence electrons. The highest BCUT2D eigenvalue weighted by atomic mass is 35.5. The van der Waals surface area contributed by atoms with Crippen molar-refractivity contribution in [2.24, 2.45) is 0 Å². The summed E-state index contributed by atoms with van der Waals surface area (Å²) in [6, 6.07) is 14.4. The van der Waals surface area contributed by atoms with Crippen LogP contribution in [0.3, 0.4) is 0 Å². The summed E-state index contributed by atoms with van der Waals surface area (Å²) in [7, 11) is 1.61. The molecule has 1 aliphatic heterocycles. The van der Waals surface area contributed by atoms with Crippen LogP contribution in [0.1, 0.15) is 24.5 Å². The van der Waals surface area contributed by atoms with E-state index in [-0.39, 0.29) is 0 Å². The van der Waals surface area contributed by atoms with Crippen LogP contribution in [0.5, 0.6) is 5.75 Å². The first kappa shape index (κ1) is 23.8. The van der Waals surface area contributed by atoms with Crippen molar-refractivity contribution in [1.82, 2.24) is 9.80 Å². The van der Waals surface area contributed by atoms with Crippen LogP contribution < -0.4 is 10.1 Å². The van der Waals surface area contributed by atoms with E-state index in [1.54, 1.807) is 7.11 Å². The van der Waals surface area contributed by atoms with Crippen LogP contribution in [0.4, 0.5) is 5.69 Å². The minimum Gasteiger partial charge on any atom is -0.495 e. The number of ether oxygens (including phenoxy) is 2. The van der Waals surface area contributed by atoms with E-state index in [9.17, 15) is 0 Å². The second-order valence-electron chi connectivity index (χ2n) is 7.68. The Bertz CT molecular complexity index is 841. The van der Waals surface area contributed by atoms with Crippen molar-refractivity contribution < 1.29 is 9.47 Å². The van der Waals surface area contributed by atoms with Crippen LogP contribution >= 0.6 is 23.8 Å². The lowest BCUT2D eigenvalue weighted by Gasteiger charge is -2.30. The number of methoxy groups -OCH3 is 1. The lowest BCUT2D eigenvalue weighted by atomic mass is 10.1. The molecule has 0 spiro atoms. The van der Waals surface area contributed by atoms with Crippen molar-refractivity contribution in [3.63, 3.8) is 0 Å². The molecule has 0 unspecified atom stereocenters. The lowest BCUT2D eigenvalue weighted by Crippen LogP contribution is -2.40. The van der Waals surface area contributed by atoms with Crippen molar-refractivity contribution in [1.29, 1.82) is 0 Å². The van der Waals surface area contributed by atoms with Crippen LogP contribution in [0.25, 0.3) is 0 Å². The minimum atomic E-state index is 0.581. The van der Waals surface area contributed by atoms with E-state index in [0.717, 1.165) is 64.5 Å². The molecule has 1 N–H and O–H groups in total. The van der Waals surface area contributed by atoms with Gasteiger partial charge in [0.2, 0.25) is 0 Å². The second kappa shape index (κ2) is 12.2. The molecular formula is C24H32ClN3O2S. The van der Waals surface area contributed by atoms with E-state index in [0.29, 0.717) is 15.9 Å². The Hall–Kier alpha value is -1.86. The Morgan fingerprint density at radius 3 is 2.55 bits per heavy atom. The number of anilines is 1. The number of thiocarbonyl (C=S) groups is 1. The van der Waals surface area contributed by atoms with Crippen molar-refractivity contribution in [3.8, 4) is 5.75 Å². The fourth-order valence-electron chi connectivity index (χ4n) is 3.60. The lowest BCUT2D eigenvalue weighted by molar-refractivity contribution is 0.0368. The molecule has 1 heterocycles. The molecule has 0 atom stereocenters. The zero-order valence-corrected chi connectivity index (χ0v) is 20.0. The molecule has 0 aliphatic carbocycles. The molecule has 0 bridgehead atoms. The van der Waals surface area contributed by atoms with Crippen LogP contribution in [0.15, 0.2) is 42.5 Å². The summed E-state index contributed by atoms with van der Waals surface area (Å²) in [4.78, 5) is 4.69. The van der Waals surface area contributed by atoms with Gasteiger partial charge in [-0.2, -0.15) is 0 Å². The van der Waals surface area contributed by atoms with Crippen molar-refractivity contribution in [3.05, 3.63) is 58.6 Å². The molecule has 7 heteroatoms. The number of hydrogen-bond acceptors (Lipinski definition) is 4. The topological polar surface area (TPSA) is 37.0 Å². The molecule has 1 aliphatic rings. The Kier molecular flexibility index (Phi) is 9.40. The van der Waals surface area contributed by atoms with Gasteiger partial charge < -0.3 is 19.7 Å². The van der Waals surface area contributed by atoms with Gasteiger partial charge in [0.1, 0.15) is 5.75 Å². The van der Waals surface area contributed by atoms with E-state index in [2.05, 4.69) is 46.3 Å². The zero-order valence-electron chi connectivity index (χ0n) is 18.4. The largest absolute Gasteiger partial charge is 0.495 e. The summed E-state index contributed by atoms with van der Waals surface area (Å²) < 4.78 is 10.8. The molecule has 0 saturated carbocycles. The van der Waals surface area contributed by atoms with Gasteiger partial charge in [-0.25, -0.2) is 0 Å². The fraction of sp³-hybridized carbons (Fsp3) is 0.458. The Morgan fingerprint density at radius 2 is 1.87 bits per heavy atom. The van der Waals surface area contributed by atoms with Gasteiger partial charge in [0.05, 0.1) is 25.3 Å². The van der Waals surface area contributed by atoms with Crippen LogP contribution in [-0.4, -0.2) is 61.4 Å². The average Bonchev–Trinajstić information content (AvgIpc) is 2.80. The Labute approximate surface area is 196 Å². The van der Waals surface area contributed by atoms with Crippen LogP contribution in [0, 0.1) is 0 Å². The predicted molar refractivity (Wildman–Crippen MR) is 132 cm³/mol. The van der Waals surface area contributed by atoms with Gasteiger partial charge in [-0.15, -0.1) is 0 Å². The smallest absolute Gasteiger partial charge is 0.173 e. The third kappa shape index (κ3) is 7.35. The third-order valence-corrected chi connectivity index (χ3v) is 6.17. The highest BCUT2D eigenvalue weighted by molar-refractivity contribution is 7.80. The average molecular weight is 462 g/mol. The van der Waals surface area contributed by atoms with Gasteiger partial charge in [-0.1, -0.05) is 42.8 Å². The molecule has 2 aromatic rings. The van der Waals surface area contributed by atoms with Gasteiger partial charge >= 0.3 is 0 Å². The minimum absolute atomic E-state index is 0.581. The van der Waals surface area contributed by atoms with E-state index in [4.69, 9.17) is 33.3 Å². The number of halogens is 1. The molecular weight excluding hydrogens is 430 g/mol. The number of rotatable bonds is 9. The molecule has 1 fully saturated rings. The molecule has 0 amide bonds. The van der Waals surface area contributed by atoms with Gasteiger partial charge in [-0.05, 0) is 48.3 Å². The SMILES string of the molecule is CCc1ccc(CN(CCCN2CCOCC2)C(=S)Nc2ccc(Cl)c(OC)c2)cc1. The van der Waals surface area contributed by atoms with E-state index >= 15 is 0 Å². The van der Waals surface area contributed by atoms with Crippen LogP contribution in [0.2, 0.25) is 5.02 Å². The normalized spacial score (nSPS) is 14.3. The van der Waals surface area contributed by atoms with Gasteiger partial charge in [0.25, 0.3) is 0 Å². The molecule has 1 saturated heterocycles. The number of morpholine rings is 1. The number of nitrogens with one attached hydrogen (secondary N) is 1. The number of benzene rings is 2. The second-order valence-corrected chi connectivity index (χ2v) is 8.47. The van der Waals surface area contributed by atoms with E-state index in [1.807, 2.05) is 18.2 Å². The quantitative estimate of drug-likeness (QED) is 0.539. The summed E-state index contributed by atoms with van der Waals surface area (Å²) in [5.74, 6) is 0.628. The van der Waals surface area contributed by atoms with Crippen molar-refractivity contribution >= 4 is 34.6 Å². The van der Waals surface area contributed by atoms with Gasteiger partial charge in [0.15, 0.2) is 5.11 Å². The first-order chi connectivity index (χ1) is 15.1. The molecule has 0 radical (unpaired) electrons. The van der Waals surface area contributed by atoms with Crippen molar-refractivity contribution in [2.45, 2.75) is 26.3 Å². The number of nitrogens with zero attached hydrogens (tertiary/aromatic N) is 2. The standard InChI is InChI=1S/C24H32ClN3O2S/c1-3-19-5-7-20(8-6-19)18-28(12-4-11-27-13-15-30-16-14-27)24(31)26-21-9-10-22(25)23(17-21)29-2/h5-10,17H,3-4,11-16,18H2,1-2H3,(H,26,31). The third-order valence-electron chi connectivity index (χ3n) is 5.50. The highest BCUT2D eigenvalue weighted by Gasteiger charge is 2.14. The maximum Gasteiger partial charge on any atom is 0.173 e. The molecule has 0 aromatic heterocycles. The molecule has 2 aromatic carbocycles. The number of hydrogen-bond donors (Lipinski definition) is 1. The van der Waals surface area contributed by atoms with E-state index in [1.165, 1.54) is 11.1 Å². The highest BCUT2D eigenvalue weighted by Crippen LogP contribution is 2.27. The maximum atomic E-state index is 6.16. The summed E-state index contributed by atoms with van der Waals surface area (Å²) in [6.45, 7) is 8.53. The first-order valence-electron chi connectivity index (χ1n) is 10.9.